The van der Waals surface area contributed by atoms with Crippen molar-refractivity contribution in [3.05, 3.63) is 30.1 Å². The van der Waals surface area contributed by atoms with Crippen molar-refractivity contribution in [1.82, 2.24) is 14.9 Å². The Morgan fingerprint density at radius 2 is 2.26 bits per heavy atom. The molecule has 2 amide bonds. The molecule has 1 aliphatic rings. The number of benzene rings is 1. The van der Waals surface area contributed by atoms with Crippen LogP contribution in [0.5, 0.6) is 0 Å². The molecule has 2 aromatic rings. The van der Waals surface area contributed by atoms with E-state index in [2.05, 4.69) is 10.3 Å². The van der Waals surface area contributed by atoms with Gasteiger partial charge in [-0.25, -0.2) is 4.98 Å². The van der Waals surface area contributed by atoms with E-state index >= 15 is 0 Å². The number of nitrogens with zero attached hydrogens (tertiary/aromatic N) is 2. The molecule has 1 aliphatic heterocycles. The number of hydrogen-bond acceptors (Lipinski definition) is 3. The molecule has 0 bridgehead atoms. The van der Waals surface area contributed by atoms with Crippen molar-refractivity contribution < 1.29 is 9.59 Å². The number of aromatic nitrogens is 2. The lowest BCUT2D eigenvalue weighted by Crippen LogP contribution is -2.41. The van der Waals surface area contributed by atoms with Crippen molar-refractivity contribution in [3.63, 3.8) is 0 Å². The fourth-order valence-corrected chi connectivity index (χ4v) is 2.53. The minimum Gasteiger partial charge on any atom is -0.334 e. The zero-order valence-corrected chi connectivity index (χ0v) is 10.7. The second-order valence-electron chi connectivity index (χ2n) is 5.03. The molecule has 1 aromatic carbocycles. The summed E-state index contributed by atoms with van der Waals surface area (Å²) in [5, 5.41) is 2.39. The number of imidazole rings is 1. The molecule has 19 heavy (non-hydrogen) atoms. The average molecular weight is 257 g/mol. The van der Waals surface area contributed by atoms with Crippen LogP contribution in [-0.2, 0) is 23.1 Å². The molecule has 0 radical (unpaired) electrons. The van der Waals surface area contributed by atoms with E-state index in [4.69, 9.17) is 0 Å². The van der Waals surface area contributed by atoms with Gasteiger partial charge in [-0.05, 0) is 30.5 Å². The molecule has 0 aliphatic carbocycles. The third kappa shape index (κ3) is 2.23. The van der Waals surface area contributed by atoms with Gasteiger partial charge in [0.15, 0.2) is 0 Å². The van der Waals surface area contributed by atoms with E-state index in [1.54, 1.807) is 6.33 Å². The number of hydrogen-bond donors (Lipinski definition) is 1. The summed E-state index contributed by atoms with van der Waals surface area (Å²) in [5.74, 6) is -0.433. The number of rotatable bonds is 2. The molecule has 5 nitrogen and oxygen atoms in total. The summed E-state index contributed by atoms with van der Waals surface area (Å²) in [6, 6.07) is 6.05. The first kappa shape index (κ1) is 11.9. The summed E-state index contributed by atoms with van der Waals surface area (Å²) in [6.45, 7) is 0. The monoisotopic (exact) mass is 257 g/mol. The van der Waals surface area contributed by atoms with Crippen LogP contribution in [0.4, 0.5) is 0 Å². The number of amides is 2. The van der Waals surface area contributed by atoms with Crippen molar-refractivity contribution in [1.29, 1.82) is 0 Å². The molecule has 98 valence electrons. The zero-order valence-electron chi connectivity index (χ0n) is 10.7. The molecular weight excluding hydrogens is 242 g/mol. The van der Waals surface area contributed by atoms with E-state index in [-0.39, 0.29) is 17.7 Å². The molecular formula is C14H15N3O2. The summed E-state index contributed by atoms with van der Waals surface area (Å²) >= 11 is 0. The normalized spacial score (nSPS) is 19.7. The summed E-state index contributed by atoms with van der Waals surface area (Å²) in [6.07, 6.45) is 3.50. The Labute approximate surface area is 110 Å². The Morgan fingerprint density at radius 3 is 3.05 bits per heavy atom. The van der Waals surface area contributed by atoms with E-state index in [1.165, 1.54) is 0 Å². The molecule has 2 heterocycles. The molecule has 1 aromatic heterocycles. The number of nitrogens with one attached hydrogen (secondary N) is 1. The van der Waals surface area contributed by atoms with Gasteiger partial charge in [0.25, 0.3) is 0 Å². The maximum absolute atomic E-state index is 11.7. The van der Waals surface area contributed by atoms with Crippen LogP contribution >= 0.6 is 0 Å². The second kappa shape index (κ2) is 4.50. The fraction of sp³-hybridized carbons (Fsp3) is 0.357. The molecule has 1 unspecified atom stereocenters. The van der Waals surface area contributed by atoms with E-state index < -0.39 is 0 Å². The van der Waals surface area contributed by atoms with Gasteiger partial charge >= 0.3 is 0 Å². The summed E-state index contributed by atoms with van der Waals surface area (Å²) in [7, 11) is 1.95. The van der Waals surface area contributed by atoms with Crippen LogP contribution in [0.1, 0.15) is 18.4 Å². The second-order valence-corrected chi connectivity index (χ2v) is 5.03. The van der Waals surface area contributed by atoms with Crippen LogP contribution < -0.4 is 5.32 Å². The third-order valence-electron chi connectivity index (χ3n) is 3.63. The van der Waals surface area contributed by atoms with Crippen molar-refractivity contribution in [3.8, 4) is 0 Å². The molecule has 1 saturated heterocycles. The maximum Gasteiger partial charge on any atom is 0.230 e. The first-order valence-corrected chi connectivity index (χ1v) is 6.37. The van der Waals surface area contributed by atoms with E-state index in [1.807, 2.05) is 29.8 Å². The van der Waals surface area contributed by atoms with Crippen molar-refractivity contribution in [2.75, 3.05) is 0 Å². The van der Waals surface area contributed by atoms with Crippen LogP contribution in [0.3, 0.4) is 0 Å². The molecule has 1 fully saturated rings. The highest BCUT2D eigenvalue weighted by Gasteiger charge is 2.26. The lowest BCUT2D eigenvalue weighted by molar-refractivity contribution is -0.136. The fourth-order valence-electron chi connectivity index (χ4n) is 2.53. The number of aryl methyl sites for hydroxylation is 1. The van der Waals surface area contributed by atoms with Gasteiger partial charge < -0.3 is 4.57 Å². The first-order valence-electron chi connectivity index (χ1n) is 6.37. The number of carbonyl (C=O) groups is 2. The molecule has 1 N–H and O–H groups in total. The lowest BCUT2D eigenvalue weighted by Gasteiger charge is -2.20. The zero-order chi connectivity index (χ0) is 13.4. The maximum atomic E-state index is 11.7. The minimum atomic E-state index is -0.165. The van der Waals surface area contributed by atoms with Gasteiger partial charge in [0, 0.05) is 19.4 Å². The Bertz CT molecular complexity index is 660. The lowest BCUT2D eigenvalue weighted by atomic mass is 9.91. The van der Waals surface area contributed by atoms with Gasteiger partial charge in [-0.1, -0.05) is 6.07 Å². The van der Waals surface area contributed by atoms with Gasteiger partial charge in [-0.3, -0.25) is 14.9 Å². The van der Waals surface area contributed by atoms with Crippen molar-refractivity contribution in [2.24, 2.45) is 13.0 Å². The minimum absolute atomic E-state index is 0.112. The Morgan fingerprint density at radius 1 is 1.42 bits per heavy atom. The van der Waals surface area contributed by atoms with Gasteiger partial charge in [0.2, 0.25) is 11.8 Å². The topological polar surface area (TPSA) is 64.0 Å². The van der Waals surface area contributed by atoms with E-state index in [0.29, 0.717) is 19.3 Å². The highest BCUT2D eigenvalue weighted by Crippen LogP contribution is 2.21. The van der Waals surface area contributed by atoms with Crippen LogP contribution in [0.15, 0.2) is 24.5 Å². The summed E-state index contributed by atoms with van der Waals surface area (Å²) in [4.78, 5) is 27.1. The molecule has 1 atom stereocenters. The van der Waals surface area contributed by atoms with Crippen LogP contribution in [0, 0.1) is 5.92 Å². The molecule has 3 rings (SSSR count). The SMILES string of the molecule is Cn1cnc2cc(CC3CCC(=O)NC3=O)ccc21. The largest absolute Gasteiger partial charge is 0.334 e. The van der Waals surface area contributed by atoms with Gasteiger partial charge in [-0.15, -0.1) is 0 Å². The average Bonchev–Trinajstić information content (AvgIpc) is 2.74. The third-order valence-corrected chi connectivity index (χ3v) is 3.63. The predicted octanol–water partition coefficient (Wildman–Crippen LogP) is 1.17. The number of fused-ring (bicyclic) bond motifs is 1. The van der Waals surface area contributed by atoms with E-state index in [9.17, 15) is 9.59 Å². The molecule has 0 saturated carbocycles. The highest BCUT2D eigenvalue weighted by atomic mass is 16.2. The van der Waals surface area contributed by atoms with Crippen LogP contribution in [-0.4, -0.2) is 21.4 Å². The quantitative estimate of drug-likeness (QED) is 0.821. The molecule has 5 heteroatoms. The summed E-state index contributed by atoms with van der Waals surface area (Å²) < 4.78 is 1.96. The van der Waals surface area contributed by atoms with E-state index in [0.717, 1.165) is 16.6 Å². The highest BCUT2D eigenvalue weighted by molar-refractivity contribution is 5.98. The van der Waals surface area contributed by atoms with Crippen molar-refractivity contribution >= 4 is 22.8 Å². The Balaban J connectivity index is 1.81. The first-order chi connectivity index (χ1) is 9.13. The number of piperidine rings is 1. The Hall–Kier alpha value is -2.17. The number of carbonyl (C=O) groups excluding carboxylic acids is 2. The van der Waals surface area contributed by atoms with Crippen LogP contribution in [0.25, 0.3) is 11.0 Å². The van der Waals surface area contributed by atoms with Crippen LogP contribution in [0.2, 0.25) is 0 Å². The van der Waals surface area contributed by atoms with Gasteiger partial charge in [0.05, 0.1) is 17.4 Å². The number of imide groups is 1. The molecule has 0 spiro atoms. The predicted molar refractivity (Wildman–Crippen MR) is 70.3 cm³/mol. The standard InChI is InChI=1S/C14H15N3O2/c1-17-8-15-11-7-9(2-4-12(11)17)6-10-3-5-13(18)16-14(10)19/h2,4,7-8,10H,3,5-6H2,1H3,(H,16,18,19). The Kier molecular flexibility index (Phi) is 2.81. The smallest absolute Gasteiger partial charge is 0.230 e. The summed E-state index contributed by atoms with van der Waals surface area (Å²) in [5.41, 5.74) is 3.10. The van der Waals surface area contributed by atoms with Gasteiger partial charge in [-0.2, -0.15) is 0 Å². The van der Waals surface area contributed by atoms with Gasteiger partial charge in [0.1, 0.15) is 0 Å². The van der Waals surface area contributed by atoms with Crippen molar-refractivity contribution in [2.45, 2.75) is 19.3 Å².